The number of rotatable bonds is 12. The van der Waals surface area contributed by atoms with E-state index in [9.17, 15) is 24.0 Å². The Morgan fingerprint density at radius 1 is 0.843 bits per heavy atom. The molecule has 1 aromatic carbocycles. The summed E-state index contributed by atoms with van der Waals surface area (Å²) in [6.45, 7) is 27.1. The van der Waals surface area contributed by atoms with Crippen molar-refractivity contribution in [1.82, 2.24) is 15.1 Å². The number of amides is 4. The van der Waals surface area contributed by atoms with Crippen LogP contribution in [0.2, 0.25) is 0 Å². The summed E-state index contributed by atoms with van der Waals surface area (Å²) in [6.07, 6.45) is 0.344. The molecule has 0 bridgehead atoms. The first kappa shape index (κ1) is 44.9. The Morgan fingerprint density at radius 2 is 1.39 bits per heavy atom. The number of hydrogen-bond donors (Lipinski definition) is 2. The summed E-state index contributed by atoms with van der Waals surface area (Å²) in [5.41, 5.74) is -1.97. The minimum Gasteiger partial charge on any atom is -0.463 e. The van der Waals surface area contributed by atoms with E-state index in [-0.39, 0.29) is 18.4 Å². The molecule has 0 saturated heterocycles. The van der Waals surface area contributed by atoms with E-state index in [0.717, 1.165) is 0 Å². The lowest BCUT2D eigenvalue weighted by molar-refractivity contribution is -0.142. The van der Waals surface area contributed by atoms with E-state index in [1.54, 1.807) is 92.8 Å². The monoisotopic (exact) mass is 716 g/mol. The van der Waals surface area contributed by atoms with Gasteiger partial charge in [-0.05, 0) is 84.4 Å². The molecule has 1 rings (SSSR count). The molecular weight excluding hydrogens is 652 g/mol. The van der Waals surface area contributed by atoms with E-state index >= 15 is 0 Å². The van der Waals surface area contributed by atoms with Crippen molar-refractivity contribution in [2.45, 2.75) is 139 Å². The second-order valence-corrected chi connectivity index (χ2v) is 17.0. The van der Waals surface area contributed by atoms with Gasteiger partial charge in [0.15, 0.2) is 0 Å². The summed E-state index contributed by atoms with van der Waals surface area (Å²) in [7, 11) is 3.13. The zero-order valence-electron chi connectivity index (χ0n) is 34.1. The molecule has 0 radical (unpaired) electrons. The zero-order valence-corrected chi connectivity index (χ0v) is 34.1. The molecule has 2 N–H and O–H groups in total. The van der Waals surface area contributed by atoms with E-state index < -0.39 is 64.2 Å². The highest BCUT2D eigenvalue weighted by molar-refractivity contribution is 5.93. The van der Waals surface area contributed by atoms with Crippen LogP contribution in [0.5, 0.6) is 0 Å². The van der Waals surface area contributed by atoms with Gasteiger partial charge in [-0.1, -0.05) is 66.7 Å². The van der Waals surface area contributed by atoms with Crippen molar-refractivity contribution in [2.24, 2.45) is 11.3 Å². The molecule has 0 unspecified atom stereocenters. The van der Waals surface area contributed by atoms with Gasteiger partial charge in [-0.3, -0.25) is 19.8 Å². The van der Waals surface area contributed by atoms with Gasteiger partial charge in [0.2, 0.25) is 11.8 Å². The van der Waals surface area contributed by atoms with Crippen LogP contribution >= 0.6 is 0 Å². The van der Waals surface area contributed by atoms with Crippen LogP contribution in [-0.4, -0.2) is 89.8 Å². The van der Waals surface area contributed by atoms with Gasteiger partial charge in [0.1, 0.15) is 23.3 Å². The molecule has 4 amide bonds. The number of anilines is 1. The summed E-state index contributed by atoms with van der Waals surface area (Å²) in [4.78, 5) is 70.3. The third-order valence-electron chi connectivity index (χ3n) is 8.15. The molecule has 0 aromatic heterocycles. The SMILES string of the molecule is CCOC(=O)/C(C)=C/[C@H](C(C)C)N(C)C(=O)[C@@H](NC(=O)[C@@H](N(C)C(=O)OC(C)(C)C)C(C)(C)c1cccc(NC(=O)OC(C)(C)C)c1)C(C)(C)C. The maximum atomic E-state index is 14.6. The Kier molecular flexibility index (Phi) is 15.3. The summed E-state index contributed by atoms with van der Waals surface area (Å²) < 4.78 is 16.3. The number of esters is 1. The van der Waals surface area contributed by atoms with Gasteiger partial charge >= 0.3 is 18.2 Å². The Hall–Kier alpha value is -4.09. The molecule has 0 spiro atoms. The number of ether oxygens (including phenoxy) is 3. The predicted molar refractivity (Wildman–Crippen MR) is 200 cm³/mol. The number of hydrogen-bond acceptors (Lipinski definition) is 8. The van der Waals surface area contributed by atoms with E-state index in [1.165, 1.54) is 16.8 Å². The molecule has 288 valence electrons. The second kappa shape index (κ2) is 17.4. The van der Waals surface area contributed by atoms with E-state index in [2.05, 4.69) is 10.6 Å². The largest absolute Gasteiger partial charge is 0.463 e. The Labute approximate surface area is 306 Å². The van der Waals surface area contributed by atoms with Crippen molar-refractivity contribution in [1.29, 1.82) is 0 Å². The van der Waals surface area contributed by atoms with Gasteiger partial charge in [0.05, 0.1) is 12.6 Å². The highest BCUT2D eigenvalue weighted by atomic mass is 16.6. The minimum atomic E-state index is -1.18. The number of benzene rings is 1. The maximum absolute atomic E-state index is 14.6. The van der Waals surface area contributed by atoms with Crippen molar-refractivity contribution in [2.75, 3.05) is 26.0 Å². The molecule has 0 aliphatic rings. The molecule has 0 heterocycles. The van der Waals surface area contributed by atoms with E-state index in [1.807, 2.05) is 48.5 Å². The predicted octanol–water partition coefficient (Wildman–Crippen LogP) is 7.07. The molecular formula is C39H64N4O8. The molecule has 0 saturated carbocycles. The number of carbonyl (C=O) groups excluding carboxylic acids is 5. The first-order valence-corrected chi connectivity index (χ1v) is 17.5. The molecule has 3 atom stereocenters. The lowest BCUT2D eigenvalue weighted by atomic mass is 9.76. The fraction of sp³-hybridized carbons (Fsp3) is 0.667. The summed E-state index contributed by atoms with van der Waals surface area (Å²) >= 11 is 0. The lowest BCUT2D eigenvalue weighted by Gasteiger charge is -2.42. The minimum absolute atomic E-state index is 0.0776. The van der Waals surface area contributed by atoms with Gasteiger partial charge < -0.3 is 24.4 Å². The van der Waals surface area contributed by atoms with Crippen LogP contribution in [0.4, 0.5) is 15.3 Å². The number of nitrogens with zero attached hydrogens (tertiary/aromatic N) is 2. The quantitative estimate of drug-likeness (QED) is 0.133. The fourth-order valence-corrected chi connectivity index (χ4v) is 5.55. The Morgan fingerprint density at radius 3 is 1.86 bits per heavy atom. The molecule has 0 aliphatic carbocycles. The van der Waals surface area contributed by atoms with Crippen molar-refractivity contribution < 1.29 is 38.2 Å². The molecule has 0 aliphatic heterocycles. The van der Waals surface area contributed by atoms with Crippen LogP contribution in [0.25, 0.3) is 0 Å². The summed E-state index contributed by atoms with van der Waals surface area (Å²) in [5, 5.41) is 5.73. The Bertz CT molecular complexity index is 1430. The smallest absolute Gasteiger partial charge is 0.412 e. The molecule has 51 heavy (non-hydrogen) atoms. The first-order valence-electron chi connectivity index (χ1n) is 17.5. The van der Waals surface area contributed by atoms with Crippen LogP contribution in [-0.2, 0) is 34.0 Å². The average molecular weight is 717 g/mol. The number of carbonyl (C=O) groups is 5. The van der Waals surface area contributed by atoms with Crippen molar-refractivity contribution >= 4 is 35.7 Å². The zero-order chi connectivity index (χ0) is 39.9. The highest BCUT2D eigenvalue weighted by Crippen LogP contribution is 2.34. The van der Waals surface area contributed by atoms with E-state index in [0.29, 0.717) is 16.8 Å². The van der Waals surface area contributed by atoms with Crippen molar-refractivity contribution in [3.05, 3.63) is 41.5 Å². The van der Waals surface area contributed by atoms with Gasteiger partial charge in [0.25, 0.3) is 0 Å². The molecule has 1 aromatic rings. The normalized spacial score (nSPS) is 14.5. The van der Waals surface area contributed by atoms with Crippen molar-refractivity contribution in [3.63, 3.8) is 0 Å². The summed E-state index contributed by atoms with van der Waals surface area (Å²) in [5.74, 6) is -1.50. The summed E-state index contributed by atoms with van der Waals surface area (Å²) in [6, 6.07) is 4.26. The van der Waals surface area contributed by atoms with Gasteiger partial charge in [-0.25, -0.2) is 14.4 Å². The third-order valence-corrected chi connectivity index (χ3v) is 8.15. The molecule has 12 heteroatoms. The number of nitrogens with one attached hydrogen (secondary N) is 2. The fourth-order valence-electron chi connectivity index (χ4n) is 5.55. The van der Waals surface area contributed by atoms with Crippen LogP contribution in [0.1, 0.15) is 109 Å². The van der Waals surface area contributed by atoms with Gasteiger partial charge in [-0.15, -0.1) is 0 Å². The van der Waals surface area contributed by atoms with Gasteiger partial charge in [-0.2, -0.15) is 0 Å². The van der Waals surface area contributed by atoms with Crippen molar-refractivity contribution in [3.8, 4) is 0 Å². The highest BCUT2D eigenvalue weighted by Gasteiger charge is 2.46. The standard InChI is InChI=1S/C39H64N4O8/c1-18-49-33(46)25(4)22-28(24(2)3)42(16)32(45)29(36(5,6)7)41-31(44)30(43(17)35(48)51-38(11,12)13)39(14,15)26-20-19-21-27(23-26)40-34(47)50-37(8,9)10/h19-24,28-30H,18H2,1-17H3,(H,40,47)(H,41,44)/b25-22+/t28-,29-,30-/m1/s1. The lowest BCUT2D eigenvalue weighted by Crippen LogP contribution is -2.63. The van der Waals surface area contributed by atoms with Gasteiger partial charge in [0, 0.05) is 30.8 Å². The van der Waals surface area contributed by atoms with Crippen LogP contribution < -0.4 is 10.6 Å². The van der Waals surface area contributed by atoms with Crippen LogP contribution in [0.15, 0.2) is 35.9 Å². The second-order valence-electron chi connectivity index (χ2n) is 17.0. The van der Waals surface area contributed by atoms with E-state index in [4.69, 9.17) is 14.2 Å². The topological polar surface area (TPSA) is 144 Å². The van der Waals surface area contributed by atoms with Crippen LogP contribution in [0.3, 0.4) is 0 Å². The third kappa shape index (κ3) is 13.5. The molecule has 0 fully saturated rings. The Balaban J connectivity index is 3.72. The molecule has 12 nitrogen and oxygen atoms in total. The maximum Gasteiger partial charge on any atom is 0.412 e. The van der Waals surface area contributed by atoms with Crippen LogP contribution in [0, 0.1) is 11.3 Å². The number of likely N-dealkylation sites (N-methyl/N-ethyl adjacent to an activating group) is 2. The first-order chi connectivity index (χ1) is 23.0. The average Bonchev–Trinajstić information content (AvgIpc) is 2.95.